The number of hydrogen-bond donors (Lipinski definition) is 2. The molecule has 0 radical (unpaired) electrons. The van der Waals surface area contributed by atoms with Gasteiger partial charge >= 0.3 is 5.97 Å². The van der Waals surface area contributed by atoms with E-state index in [0.29, 0.717) is 4.47 Å². The molecule has 0 saturated carbocycles. The summed E-state index contributed by atoms with van der Waals surface area (Å²) < 4.78 is 26.8. The molecule has 6 nitrogen and oxygen atoms in total. The van der Waals surface area contributed by atoms with Gasteiger partial charge in [-0.25, -0.2) is 13.4 Å². The molecule has 0 spiro atoms. The van der Waals surface area contributed by atoms with Crippen molar-refractivity contribution < 1.29 is 18.3 Å². The molecule has 0 aliphatic heterocycles. The minimum absolute atomic E-state index is 0.0571. The number of aliphatic carboxylic acids is 1. The van der Waals surface area contributed by atoms with Crippen molar-refractivity contribution in [1.82, 2.24) is 9.71 Å². The lowest BCUT2D eigenvalue weighted by molar-refractivity contribution is -0.139. The molecule has 106 valence electrons. The van der Waals surface area contributed by atoms with Gasteiger partial charge in [0.25, 0.3) is 10.0 Å². The van der Waals surface area contributed by atoms with Gasteiger partial charge in [-0.1, -0.05) is 13.8 Å². The largest absolute Gasteiger partial charge is 0.480 e. The van der Waals surface area contributed by atoms with Crippen LogP contribution in [0.1, 0.15) is 20.3 Å². The van der Waals surface area contributed by atoms with Crippen LogP contribution >= 0.6 is 15.9 Å². The maximum atomic E-state index is 12.0. The average molecular weight is 351 g/mol. The first-order valence-corrected chi connectivity index (χ1v) is 7.86. The zero-order valence-corrected chi connectivity index (χ0v) is 12.9. The van der Waals surface area contributed by atoms with Crippen LogP contribution in [0.2, 0.25) is 0 Å². The highest BCUT2D eigenvalue weighted by atomic mass is 79.9. The van der Waals surface area contributed by atoms with Gasteiger partial charge < -0.3 is 5.11 Å². The van der Waals surface area contributed by atoms with Crippen LogP contribution < -0.4 is 4.72 Å². The molecule has 0 aromatic carbocycles. The summed E-state index contributed by atoms with van der Waals surface area (Å²) in [6.45, 7) is 3.64. The van der Waals surface area contributed by atoms with Crippen molar-refractivity contribution in [1.29, 1.82) is 0 Å². The molecule has 0 bridgehead atoms. The summed E-state index contributed by atoms with van der Waals surface area (Å²) in [6, 6.07) is 1.68. The van der Waals surface area contributed by atoms with E-state index in [0.717, 1.165) is 0 Å². The van der Waals surface area contributed by atoms with Crippen molar-refractivity contribution in [3.05, 3.63) is 22.8 Å². The molecule has 2 N–H and O–H groups in total. The van der Waals surface area contributed by atoms with E-state index in [4.69, 9.17) is 5.11 Å². The normalized spacial score (nSPS) is 13.5. The number of nitrogens with zero attached hydrogens (tertiary/aromatic N) is 1. The summed E-state index contributed by atoms with van der Waals surface area (Å²) in [5.41, 5.74) is 0. The van der Waals surface area contributed by atoms with E-state index in [-0.39, 0.29) is 17.4 Å². The number of halogens is 1. The second kappa shape index (κ2) is 6.44. The topological polar surface area (TPSA) is 96.4 Å². The number of hydrogen-bond acceptors (Lipinski definition) is 4. The highest BCUT2D eigenvalue weighted by Gasteiger charge is 2.26. The zero-order valence-electron chi connectivity index (χ0n) is 10.5. The number of sulfonamides is 1. The minimum Gasteiger partial charge on any atom is -0.480 e. The Labute approximate surface area is 120 Å². The zero-order chi connectivity index (χ0) is 14.6. The molecular formula is C11H15BrN2O4S. The molecule has 0 saturated heterocycles. The van der Waals surface area contributed by atoms with E-state index in [9.17, 15) is 13.2 Å². The van der Waals surface area contributed by atoms with Crippen molar-refractivity contribution in [3.63, 3.8) is 0 Å². The summed E-state index contributed by atoms with van der Waals surface area (Å²) in [5.74, 6) is -1.14. The van der Waals surface area contributed by atoms with E-state index >= 15 is 0 Å². The number of aromatic nitrogens is 1. The van der Waals surface area contributed by atoms with Gasteiger partial charge in [0.1, 0.15) is 6.04 Å². The fraction of sp³-hybridized carbons (Fsp3) is 0.455. The van der Waals surface area contributed by atoms with E-state index in [1.165, 1.54) is 18.3 Å². The Morgan fingerprint density at radius 1 is 1.47 bits per heavy atom. The van der Waals surface area contributed by atoms with E-state index in [1.54, 1.807) is 0 Å². The molecular weight excluding hydrogens is 336 g/mol. The molecule has 1 heterocycles. The Balaban J connectivity index is 2.94. The van der Waals surface area contributed by atoms with Gasteiger partial charge in [0.05, 0.1) is 0 Å². The fourth-order valence-corrected chi connectivity index (χ4v) is 2.81. The van der Waals surface area contributed by atoms with Crippen LogP contribution in [0.4, 0.5) is 0 Å². The molecule has 0 amide bonds. The Morgan fingerprint density at radius 2 is 2.11 bits per heavy atom. The predicted octanol–water partition coefficient (Wildman–Crippen LogP) is 1.62. The lowest BCUT2D eigenvalue weighted by Crippen LogP contribution is -2.41. The van der Waals surface area contributed by atoms with Crippen LogP contribution in [0.15, 0.2) is 27.8 Å². The van der Waals surface area contributed by atoms with Gasteiger partial charge in [-0.3, -0.25) is 4.79 Å². The van der Waals surface area contributed by atoms with Gasteiger partial charge in [-0.05, 0) is 40.4 Å². The standard InChI is InChI=1S/C11H15BrN2O4S/c1-7(2)5-9(11(15)16)14-19(17,18)10-4-3-8(12)6-13-10/h3-4,6-7,9,14H,5H2,1-2H3,(H,15,16). The molecule has 1 atom stereocenters. The van der Waals surface area contributed by atoms with Crippen LogP contribution in [-0.4, -0.2) is 30.5 Å². The first-order valence-electron chi connectivity index (χ1n) is 5.59. The maximum absolute atomic E-state index is 12.0. The Bertz CT molecular complexity index is 542. The quantitative estimate of drug-likeness (QED) is 0.812. The number of carboxylic acid groups (broad SMARTS) is 1. The van der Waals surface area contributed by atoms with Crippen LogP contribution in [0.5, 0.6) is 0 Å². The van der Waals surface area contributed by atoms with E-state index < -0.39 is 22.0 Å². The third-order valence-corrected chi connectivity index (χ3v) is 4.13. The molecule has 1 aromatic heterocycles. The summed E-state index contributed by atoms with van der Waals surface area (Å²) in [5, 5.41) is 8.82. The first-order chi connectivity index (χ1) is 8.72. The van der Waals surface area contributed by atoms with Gasteiger partial charge in [-0.2, -0.15) is 4.72 Å². The van der Waals surface area contributed by atoms with Crippen molar-refractivity contribution in [2.45, 2.75) is 31.3 Å². The van der Waals surface area contributed by atoms with Crippen LogP contribution in [0.3, 0.4) is 0 Å². The van der Waals surface area contributed by atoms with Gasteiger partial charge in [0.2, 0.25) is 0 Å². The fourth-order valence-electron chi connectivity index (χ4n) is 1.44. The minimum atomic E-state index is -3.93. The predicted molar refractivity (Wildman–Crippen MR) is 73.1 cm³/mol. The monoisotopic (exact) mass is 350 g/mol. The van der Waals surface area contributed by atoms with Crippen molar-refractivity contribution in [3.8, 4) is 0 Å². The third-order valence-electron chi connectivity index (χ3n) is 2.28. The third kappa shape index (κ3) is 4.88. The number of nitrogens with one attached hydrogen (secondary N) is 1. The maximum Gasteiger partial charge on any atom is 0.321 e. The number of carbonyl (C=O) groups is 1. The summed E-state index contributed by atoms with van der Waals surface area (Å²) in [6.07, 6.45) is 1.55. The SMILES string of the molecule is CC(C)CC(NS(=O)(=O)c1ccc(Br)cn1)C(=O)O. The summed E-state index contributed by atoms with van der Waals surface area (Å²) in [7, 11) is -3.93. The van der Waals surface area contributed by atoms with Crippen molar-refractivity contribution in [2.24, 2.45) is 5.92 Å². The molecule has 8 heteroatoms. The molecule has 0 aliphatic carbocycles. The van der Waals surface area contributed by atoms with Crippen LogP contribution in [0.25, 0.3) is 0 Å². The van der Waals surface area contributed by atoms with Crippen molar-refractivity contribution in [2.75, 3.05) is 0 Å². The Kier molecular flexibility index (Phi) is 5.45. The molecule has 1 aromatic rings. The Hall–Kier alpha value is -0.990. The summed E-state index contributed by atoms with van der Waals surface area (Å²) >= 11 is 3.15. The Morgan fingerprint density at radius 3 is 2.53 bits per heavy atom. The average Bonchev–Trinajstić information content (AvgIpc) is 2.27. The van der Waals surface area contributed by atoms with Gasteiger partial charge in [-0.15, -0.1) is 0 Å². The number of rotatable bonds is 6. The highest BCUT2D eigenvalue weighted by molar-refractivity contribution is 9.10. The lowest BCUT2D eigenvalue weighted by atomic mass is 10.1. The molecule has 0 aliphatic rings. The second-order valence-electron chi connectivity index (χ2n) is 4.46. The van der Waals surface area contributed by atoms with Crippen molar-refractivity contribution >= 4 is 31.9 Å². The van der Waals surface area contributed by atoms with Crippen LogP contribution in [-0.2, 0) is 14.8 Å². The lowest BCUT2D eigenvalue weighted by Gasteiger charge is -2.16. The molecule has 1 unspecified atom stereocenters. The second-order valence-corrected chi connectivity index (χ2v) is 7.03. The van der Waals surface area contributed by atoms with E-state index in [1.807, 2.05) is 13.8 Å². The first kappa shape index (κ1) is 16.1. The molecule has 19 heavy (non-hydrogen) atoms. The molecule has 1 rings (SSSR count). The highest BCUT2D eigenvalue weighted by Crippen LogP contribution is 2.13. The smallest absolute Gasteiger partial charge is 0.321 e. The molecule has 0 fully saturated rings. The number of carboxylic acids is 1. The van der Waals surface area contributed by atoms with Crippen LogP contribution in [0, 0.1) is 5.92 Å². The number of pyridine rings is 1. The van der Waals surface area contributed by atoms with Gasteiger partial charge in [0.15, 0.2) is 5.03 Å². The summed E-state index contributed by atoms with van der Waals surface area (Å²) in [4.78, 5) is 14.8. The van der Waals surface area contributed by atoms with Gasteiger partial charge in [0, 0.05) is 10.7 Å². The van der Waals surface area contributed by atoms with E-state index in [2.05, 4.69) is 25.6 Å².